The van der Waals surface area contributed by atoms with Gasteiger partial charge in [-0.25, -0.2) is 19.3 Å². The number of nitrogens with zero attached hydrogens (tertiary/aromatic N) is 7. The lowest BCUT2D eigenvalue weighted by atomic mass is 9.85. The summed E-state index contributed by atoms with van der Waals surface area (Å²) in [6.07, 6.45) is 8.50. The number of aromatic nitrogens is 5. The highest BCUT2D eigenvalue weighted by Gasteiger charge is 2.51. The van der Waals surface area contributed by atoms with Gasteiger partial charge in [0, 0.05) is 60.6 Å². The van der Waals surface area contributed by atoms with Crippen LogP contribution in [-0.2, 0) is 9.59 Å². The molecule has 6 heterocycles. The van der Waals surface area contributed by atoms with Crippen molar-refractivity contribution in [1.29, 1.82) is 0 Å². The summed E-state index contributed by atoms with van der Waals surface area (Å²) < 4.78 is 18.9. The van der Waals surface area contributed by atoms with E-state index < -0.39 is 11.2 Å². The number of ether oxygens (including phenoxy) is 1. The maximum absolute atomic E-state index is 14.0. The number of amides is 2. The molecule has 3 aliphatic heterocycles. The Morgan fingerprint density at radius 3 is 2.43 bits per heavy atom. The fourth-order valence-electron chi connectivity index (χ4n) is 7.50. The molecule has 2 aromatic carbocycles. The predicted octanol–water partition coefficient (Wildman–Crippen LogP) is 5.75. The molecule has 260 valence electrons. The summed E-state index contributed by atoms with van der Waals surface area (Å²) in [4.78, 5) is 45.9. The molecule has 3 aromatic heterocycles. The predicted molar refractivity (Wildman–Crippen MR) is 192 cm³/mol. The van der Waals surface area contributed by atoms with Crippen molar-refractivity contribution in [3.63, 3.8) is 0 Å². The maximum Gasteiger partial charge on any atom is 0.237 e. The number of anilines is 1. The first-order chi connectivity index (χ1) is 24.7. The van der Waals surface area contributed by atoms with Crippen LogP contribution in [0.15, 0.2) is 79.3 Å². The van der Waals surface area contributed by atoms with Crippen molar-refractivity contribution < 1.29 is 18.7 Å². The van der Waals surface area contributed by atoms with Crippen LogP contribution in [-0.4, -0.2) is 92.1 Å². The number of carbonyl (C=O) groups excluding carboxylic acids is 2. The summed E-state index contributed by atoms with van der Waals surface area (Å²) >= 11 is 0. The molecule has 12 heteroatoms. The number of fused-ring (bicyclic) bond motifs is 1. The molecule has 51 heavy (non-hydrogen) atoms. The summed E-state index contributed by atoms with van der Waals surface area (Å²) in [5.74, 6) is 0.793. The molecule has 0 radical (unpaired) electrons. The molecule has 1 N–H and O–H groups in total. The Bertz CT molecular complexity index is 2110. The third-order valence-corrected chi connectivity index (χ3v) is 10.2. The molecular weight excluding hydrogens is 647 g/mol. The molecule has 1 spiro atoms. The van der Waals surface area contributed by atoms with E-state index in [1.54, 1.807) is 6.20 Å². The molecule has 1 unspecified atom stereocenters. The number of pyridine rings is 1. The summed E-state index contributed by atoms with van der Waals surface area (Å²) in [7, 11) is 0. The Kier molecular flexibility index (Phi) is 8.55. The van der Waals surface area contributed by atoms with Crippen molar-refractivity contribution in [3.8, 4) is 28.5 Å². The third kappa shape index (κ3) is 6.47. The highest BCUT2D eigenvalue weighted by atomic mass is 19.1. The van der Waals surface area contributed by atoms with Gasteiger partial charge >= 0.3 is 0 Å². The van der Waals surface area contributed by atoms with Gasteiger partial charge in [0.1, 0.15) is 5.69 Å². The zero-order chi connectivity index (χ0) is 35.1. The normalized spacial score (nSPS) is 19.5. The molecule has 2 fully saturated rings. The molecule has 8 rings (SSSR count). The Morgan fingerprint density at radius 2 is 1.71 bits per heavy atom. The van der Waals surface area contributed by atoms with Gasteiger partial charge in [0.15, 0.2) is 11.6 Å². The Balaban J connectivity index is 0.884. The van der Waals surface area contributed by atoms with Gasteiger partial charge in [-0.3, -0.25) is 19.6 Å². The minimum Gasteiger partial charge on any atom is -0.475 e. The van der Waals surface area contributed by atoms with Crippen LogP contribution in [0.25, 0.3) is 39.1 Å². The van der Waals surface area contributed by atoms with Gasteiger partial charge in [0.25, 0.3) is 0 Å². The topological polar surface area (TPSA) is 120 Å². The van der Waals surface area contributed by atoms with Crippen molar-refractivity contribution in [2.75, 3.05) is 44.2 Å². The smallest absolute Gasteiger partial charge is 0.237 e. The fourth-order valence-corrected chi connectivity index (χ4v) is 7.50. The van der Waals surface area contributed by atoms with Crippen LogP contribution in [0, 0.1) is 11.2 Å². The van der Waals surface area contributed by atoms with Crippen LogP contribution >= 0.6 is 0 Å². The number of hydrogen-bond acceptors (Lipinski definition) is 8. The summed E-state index contributed by atoms with van der Waals surface area (Å²) in [6, 6.07) is 17.7. The van der Waals surface area contributed by atoms with E-state index >= 15 is 0 Å². The van der Waals surface area contributed by atoms with Gasteiger partial charge < -0.3 is 14.5 Å². The number of nitrogens with one attached hydrogen (secondary N) is 1. The van der Waals surface area contributed by atoms with E-state index in [1.807, 2.05) is 78.2 Å². The highest BCUT2D eigenvalue weighted by molar-refractivity contribution is 6.03. The van der Waals surface area contributed by atoms with Crippen LogP contribution in [0.1, 0.15) is 38.7 Å². The molecule has 3 aliphatic rings. The molecule has 11 nitrogen and oxygen atoms in total. The largest absolute Gasteiger partial charge is 0.475 e. The molecule has 5 aromatic rings. The van der Waals surface area contributed by atoms with Crippen molar-refractivity contribution in [2.24, 2.45) is 5.41 Å². The quantitative estimate of drug-likeness (QED) is 0.219. The van der Waals surface area contributed by atoms with Gasteiger partial charge in [0.05, 0.1) is 36.0 Å². The minimum atomic E-state index is -0.481. The lowest BCUT2D eigenvalue weighted by Crippen LogP contribution is -2.43. The Morgan fingerprint density at radius 1 is 0.941 bits per heavy atom. The average molecular weight is 687 g/mol. The average Bonchev–Trinajstić information content (AvgIpc) is 3.85. The van der Waals surface area contributed by atoms with E-state index in [4.69, 9.17) is 4.74 Å². The van der Waals surface area contributed by atoms with Gasteiger partial charge in [-0.05, 0) is 75.1 Å². The van der Waals surface area contributed by atoms with E-state index in [-0.39, 0.29) is 17.9 Å². The number of likely N-dealkylation sites (tertiary alicyclic amines) is 1. The van der Waals surface area contributed by atoms with Gasteiger partial charge in [-0.15, -0.1) is 0 Å². The molecule has 0 bridgehead atoms. The number of hydrogen-bond donors (Lipinski definition) is 1. The van der Waals surface area contributed by atoms with Crippen LogP contribution < -0.4 is 9.64 Å². The molecule has 2 saturated heterocycles. The SMILES string of the molecule is CC(C)Oc1ccc(-c2n[nH]c3ccc(N4CCC5(CCN(CC(=O)N6CC=C(c7ccc(-c8ncc(F)cn8)cc7)CC6)C5)C4=O)cc23)cn1. The number of H-pyrrole nitrogens is 1. The lowest BCUT2D eigenvalue weighted by molar-refractivity contribution is -0.132. The maximum atomic E-state index is 14.0. The summed E-state index contributed by atoms with van der Waals surface area (Å²) in [5, 5.41) is 8.59. The fraction of sp³-hybridized carbons (Fsp3) is 0.333. The zero-order valence-corrected chi connectivity index (χ0v) is 28.7. The van der Waals surface area contributed by atoms with Crippen LogP contribution in [0.3, 0.4) is 0 Å². The molecule has 1 atom stereocenters. The first-order valence-electron chi connectivity index (χ1n) is 17.5. The van der Waals surface area contributed by atoms with Gasteiger partial charge in [-0.2, -0.15) is 5.10 Å². The molecule has 0 saturated carbocycles. The summed E-state index contributed by atoms with van der Waals surface area (Å²) in [5.41, 5.74) is 5.99. The van der Waals surface area contributed by atoms with E-state index in [2.05, 4.69) is 36.1 Å². The number of halogens is 1. The molecule has 2 amide bonds. The van der Waals surface area contributed by atoms with Gasteiger partial charge in [-0.1, -0.05) is 30.3 Å². The number of aromatic amines is 1. The van der Waals surface area contributed by atoms with E-state index in [0.29, 0.717) is 44.4 Å². The van der Waals surface area contributed by atoms with Crippen molar-refractivity contribution in [1.82, 2.24) is 34.9 Å². The summed E-state index contributed by atoms with van der Waals surface area (Å²) in [6.45, 7) is 7.37. The second kappa shape index (κ2) is 13.3. The van der Waals surface area contributed by atoms with Crippen LogP contribution in [0.2, 0.25) is 0 Å². The number of carbonyl (C=O) groups is 2. The first-order valence-corrected chi connectivity index (χ1v) is 17.5. The lowest BCUT2D eigenvalue weighted by Gasteiger charge is -2.29. The zero-order valence-electron chi connectivity index (χ0n) is 28.7. The second-order valence-electron chi connectivity index (χ2n) is 13.9. The van der Waals surface area contributed by atoms with E-state index in [0.717, 1.165) is 77.2 Å². The van der Waals surface area contributed by atoms with Crippen molar-refractivity contribution >= 4 is 34.0 Å². The number of rotatable bonds is 8. The van der Waals surface area contributed by atoms with E-state index in [1.165, 1.54) is 5.57 Å². The van der Waals surface area contributed by atoms with Crippen LogP contribution in [0.5, 0.6) is 5.88 Å². The monoisotopic (exact) mass is 686 g/mol. The number of benzene rings is 2. The molecule has 0 aliphatic carbocycles. The van der Waals surface area contributed by atoms with Gasteiger partial charge in [0.2, 0.25) is 17.7 Å². The van der Waals surface area contributed by atoms with Crippen molar-refractivity contribution in [2.45, 2.75) is 39.2 Å². The Hall–Kier alpha value is -5.49. The highest BCUT2D eigenvalue weighted by Crippen LogP contribution is 2.43. The standard InChI is InChI=1S/C39H39FN8O3/c1-25(2)51-34-10-7-29(20-41-34)36-32-19-31(8-9-33(32)44-45-36)48-18-14-39(38(48)50)13-17-46(24-39)23-35(49)47-15-11-27(12-16-47)26-3-5-28(6-4-26)37-42-21-30(40)22-43-37/h3-11,19-22,25H,12-18,23-24H2,1-2H3,(H,44,45). The minimum absolute atomic E-state index is 0.0384. The third-order valence-electron chi connectivity index (χ3n) is 10.2. The van der Waals surface area contributed by atoms with Crippen LogP contribution in [0.4, 0.5) is 10.1 Å². The first kappa shape index (κ1) is 32.7. The second-order valence-corrected chi connectivity index (χ2v) is 13.9. The Labute approximate surface area is 295 Å². The van der Waals surface area contributed by atoms with Crippen molar-refractivity contribution in [3.05, 3.63) is 90.6 Å². The molecular formula is C39H39FN8O3. The van der Waals surface area contributed by atoms with E-state index in [9.17, 15) is 14.0 Å².